The van der Waals surface area contributed by atoms with Crippen LogP contribution >= 0.6 is 11.6 Å². The normalized spacial score (nSPS) is 13.6. The fourth-order valence-electron chi connectivity index (χ4n) is 1.91. The lowest BCUT2D eigenvalue weighted by molar-refractivity contribution is -0.0102. The molecule has 0 spiro atoms. The second kappa shape index (κ2) is 7.13. The van der Waals surface area contributed by atoms with Crippen LogP contribution < -0.4 is 5.32 Å². The summed E-state index contributed by atoms with van der Waals surface area (Å²) in [7, 11) is 0. The third kappa shape index (κ3) is 5.85. The predicted molar refractivity (Wildman–Crippen MR) is 78.3 cm³/mol. The Hall–Kier alpha value is -0.570. The van der Waals surface area contributed by atoms with E-state index in [4.69, 9.17) is 16.3 Å². The van der Waals surface area contributed by atoms with Crippen LogP contribution in [-0.2, 0) is 11.2 Å². The first kappa shape index (κ1) is 15.5. The van der Waals surface area contributed by atoms with E-state index in [0.717, 1.165) is 24.6 Å². The minimum Gasteiger partial charge on any atom is -0.375 e. The summed E-state index contributed by atoms with van der Waals surface area (Å²) in [5, 5.41) is 4.30. The highest BCUT2D eigenvalue weighted by atomic mass is 35.5. The molecule has 1 N–H and O–H groups in total. The molecule has 0 aliphatic carbocycles. The van der Waals surface area contributed by atoms with Crippen molar-refractivity contribution < 1.29 is 4.74 Å². The summed E-state index contributed by atoms with van der Waals surface area (Å²) >= 11 is 5.87. The van der Waals surface area contributed by atoms with E-state index < -0.39 is 0 Å². The van der Waals surface area contributed by atoms with E-state index in [1.165, 1.54) is 5.56 Å². The molecule has 0 bridgehead atoms. The molecule has 1 rings (SSSR count). The van der Waals surface area contributed by atoms with Gasteiger partial charge in [0.1, 0.15) is 0 Å². The van der Waals surface area contributed by atoms with Crippen molar-refractivity contribution in [1.82, 2.24) is 5.32 Å². The molecule has 1 aromatic rings. The Bertz CT molecular complexity index is 348. The van der Waals surface area contributed by atoms with Crippen LogP contribution in [0.2, 0.25) is 5.02 Å². The van der Waals surface area contributed by atoms with Gasteiger partial charge in [0, 0.05) is 24.2 Å². The Labute approximate surface area is 116 Å². The summed E-state index contributed by atoms with van der Waals surface area (Å²) < 4.78 is 5.67. The second-order valence-electron chi connectivity index (χ2n) is 5.31. The molecule has 3 heteroatoms. The van der Waals surface area contributed by atoms with Crippen LogP contribution in [0.1, 0.15) is 33.3 Å². The molecular formula is C15H24ClNO. The molecule has 0 saturated heterocycles. The number of benzene rings is 1. The molecule has 0 fully saturated rings. The number of hydrogen-bond donors (Lipinski definition) is 1. The smallest absolute Gasteiger partial charge is 0.0750 e. The molecule has 18 heavy (non-hydrogen) atoms. The molecule has 102 valence electrons. The molecule has 1 atom stereocenters. The maximum atomic E-state index is 5.87. The minimum atomic E-state index is -0.108. The van der Waals surface area contributed by atoms with E-state index >= 15 is 0 Å². The zero-order valence-corrected chi connectivity index (χ0v) is 12.6. The van der Waals surface area contributed by atoms with Crippen molar-refractivity contribution >= 4 is 11.6 Å². The fourth-order valence-corrected chi connectivity index (χ4v) is 2.03. The van der Waals surface area contributed by atoms with Gasteiger partial charge in [0.05, 0.1) is 5.60 Å². The molecule has 1 unspecified atom stereocenters. The average Bonchev–Trinajstić information content (AvgIpc) is 2.30. The van der Waals surface area contributed by atoms with Gasteiger partial charge in [-0.05, 0) is 51.8 Å². The van der Waals surface area contributed by atoms with Crippen LogP contribution in [0.4, 0.5) is 0 Å². The minimum absolute atomic E-state index is 0.108. The van der Waals surface area contributed by atoms with Gasteiger partial charge < -0.3 is 10.1 Å². The molecule has 0 aliphatic rings. The summed E-state index contributed by atoms with van der Waals surface area (Å²) in [4.78, 5) is 0. The van der Waals surface area contributed by atoms with Crippen molar-refractivity contribution in [2.75, 3.05) is 13.2 Å². The van der Waals surface area contributed by atoms with Crippen molar-refractivity contribution in [3.63, 3.8) is 0 Å². The van der Waals surface area contributed by atoms with Gasteiger partial charge in [0.25, 0.3) is 0 Å². The SMILES string of the molecule is CCOC(C)(C)CNC(C)Cc1ccc(Cl)cc1. The monoisotopic (exact) mass is 269 g/mol. The lowest BCUT2D eigenvalue weighted by atomic mass is 10.1. The third-order valence-electron chi connectivity index (χ3n) is 2.87. The van der Waals surface area contributed by atoms with E-state index in [1.807, 2.05) is 19.1 Å². The van der Waals surface area contributed by atoms with Crippen molar-refractivity contribution in [3.8, 4) is 0 Å². The summed E-state index contributed by atoms with van der Waals surface area (Å²) in [5.41, 5.74) is 1.19. The predicted octanol–water partition coefficient (Wildman–Crippen LogP) is 3.68. The van der Waals surface area contributed by atoms with Crippen LogP contribution in [0.3, 0.4) is 0 Å². The Morgan fingerprint density at radius 3 is 2.44 bits per heavy atom. The van der Waals surface area contributed by atoms with E-state index in [0.29, 0.717) is 6.04 Å². The van der Waals surface area contributed by atoms with Crippen LogP contribution in [0.15, 0.2) is 24.3 Å². The number of halogens is 1. The lowest BCUT2D eigenvalue weighted by Crippen LogP contribution is -2.42. The summed E-state index contributed by atoms with van der Waals surface area (Å²) in [6, 6.07) is 8.45. The zero-order chi connectivity index (χ0) is 13.6. The zero-order valence-electron chi connectivity index (χ0n) is 11.8. The maximum absolute atomic E-state index is 5.87. The van der Waals surface area contributed by atoms with Crippen LogP contribution in [0.5, 0.6) is 0 Å². The van der Waals surface area contributed by atoms with Crippen molar-refractivity contribution in [3.05, 3.63) is 34.9 Å². The molecule has 2 nitrogen and oxygen atoms in total. The Balaban J connectivity index is 2.37. The molecule has 1 aromatic carbocycles. The number of hydrogen-bond acceptors (Lipinski definition) is 2. The first-order valence-corrected chi connectivity index (χ1v) is 6.92. The van der Waals surface area contributed by atoms with E-state index in [9.17, 15) is 0 Å². The quantitative estimate of drug-likeness (QED) is 0.815. The van der Waals surface area contributed by atoms with Gasteiger partial charge in [0.2, 0.25) is 0 Å². The Morgan fingerprint density at radius 2 is 1.89 bits per heavy atom. The van der Waals surface area contributed by atoms with Crippen molar-refractivity contribution in [2.24, 2.45) is 0 Å². The number of rotatable bonds is 7. The first-order chi connectivity index (χ1) is 8.43. The van der Waals surface area contributed by atoms with E-state index in [1.54, 1.807) is 0 Å². The topological polar surface area (TPSA) is 21.3 Å². The van der Waals surface area contributed by atoms with Gasteiger partial charge in [-0.15, -0.1) is 0 Å². The van der Waals surface area contributed by atoms with Gasteiger partial charge >= 0.3 is 0 Å². The Kier molecular flexibility index (Phi) is 6.13. The van der Waals surface area contributed by atoms with Gasteiger partial charge in [-0.25, -0.2) is 0 Å². The molecule has 0 saturated carbocycles. The van der Waals surface area contributed by atoms with Crippen LogP contribution in [0, 0.1) is 0 Å². The standard InChI is InChI=1S/C15H24ClNO/c1-5-18-15(3,4)11-17-12(2)10-13-6-8-14(16)9-7-13/h6-9,12,17H,5,10-11H2,1-4H3. The summed E-state index contributed by atoms with van der Waals surface area (Å²) in [6.45, 7) is 10.0. The lowest BCUT2D eigenvalue weighted by Gasteiger charge is -2.27. The number of nitrogens with one attached hydrogen (secondary N) is 1. The Morgan fingerprint density at radius 1 is 1.28 bits per heavy atom. The molecule has 0 amide bonds. The highest BCUT2D eigenvalue weighted by Gasteiger charge is 2.18. The van der Waals surface area contributed by atoms with Crippen LogP contribution in [-0.4, -0.2) is 24.8 Å². The highest BCUT2D eigenvalue weighted by Crippen LogP contribution is 2.12. The van der Waals surface area contributed by atoms with Gasteiger partial charge in [0.15, 0.2) is 0 Å². The van der Waals surface area contributed by atoms with E-state index in [-0.39, 0.29) is 5.60 Å². The molecular weight excluding hydrogens is 246 g/mol. The second-order valence-corrected chi connectivity index (χ2v) is 5.74. The largest absolute Gasteiger partial charge is 0.375 e. The van der Waals surface area contributed by atoms with Crippen molar-refractivity contribution in [1.29, 1.82) is 0 Å². The summed E-state index contributed by atoms with van der Waals surface area (Å²) in [6.07, 6.45) is 0.999. The fraction of sp³-hybridized carbons (Fsp3) is 0.600. The maximum Gasteiger partial charge on any atom is 0.0750 e. The van der Waals surface area contributed by atoms with Crippen LogP contribution in [0.25, 0.3) is 0 Å². The summed E-state index contributed by atoms with van der Waals surface area (Å²) in [5.74, 6) is 0. The first-order valence-electron chi connectivity index (χ1n) is 6.55. The van der Waals surface area contributed by atoms with E-state index in [2.05, 4.69) is 38.2 Å². The molecule has 0 aromatic heterocycles. The van der Waals surface area contributed by atoms with Gasteiger partial charge in [-0.1, -0.05) is 23.7 Å². The molecule has 0 radical (unpaired) electrons. The molecule has 0 heterocycles. The third-order valence-corrected chi connectivity index (χ3v) is 3.12. The average molecular weight is 270 g/mol. The molecule has 0 aliphatic heterocycles. The van der Waals surface area contributed by atoms with Gasteiger partial charge in [-0.2, -0.15) is 0 Å². The highest BCUT2D eigenvalue weighted by molar-refractivity contribution is 6.30. The van der Waals surface area contributed by atoms with Crippen molar-refractivity contribution in [2.45, 2.75) is 45.8 Å². The van der Waals surface area contributed by atoms with Gasteiger partial charge in [-0.3, -0.25) is 0 Å². The number of ether oxygens (including phenoxy) is 1.